The van der Waals surface area contributed by atoms with Crippen molar-refractivity contribution in [3.05, 3.63) is 28.1 Å². The molecule has 0 unspecified atom stereocenters. The molecule has 0 atom stereocenters. The predicted octanol–water partition coefficient (Wildman–Crippen LogP) is 3.15. The summed E-state index contributed by atoms with van der Waals surface area (Å²) < 4.78 is 29.2. The average Bonchev–Trinajstić information content (AvgIpc) is 2.75. The Morgan fingerprint density at radius 1 is 1.48 bits per heavy atom. The molecule has 8 heteroatoms. The van der Waals surface area contributed by atoms with Gasteiger partial charge in [0.2, 0.25) is 0 Å². The first kappa shape index (κ1) is 15.9. The number of nitrogen functional groups attached to an aromatic ring is 1. The quantitative estimate of drug-likeness (QED) is 0.798. The van der Waals surface area contributed by atoms with Crippen molar-refractivity contribution in [2.24, 2.45) is 0 Å². The number of nitrogens with two attached hydrogens (primary N) is 1. The molecular weight excluding hydrogens is 322 g/mol. The Morgan fingerprint density at radius 3 is 2.95 bits per heavy atom. The minimum absolute atomic E-state index is 0.0205. The van der Waals surface area contributed by atoms with Gasteiger partial charge in [0.15, 0.2) is 0 Å². The van der Waals surface area contributed by atoms with Gasteiger partial charge in [-0.05, 0) is 18.2 Å². The van der Waals surface area contributed by atoms with Crippen LogP contribution in [0.1, 0.15) is 9.67 Å². The summed E-state index contributed by atoms with van der Waals surface area (Å²) >= 11 is 7.15. The fourth-order valence-corrected chi connectivity index (χ4v) is 2.94. The lowest BCUT2D eigenvalue weighted by Crippen LogP contribution is -2.27. The van der Waals surface area contributed by atoms with Gasteiger partial charge in [-0.1, -0.05) is 11.6 Å². The van der Waals surface area contributed by atoms with E-state index in [0.29, 0.717) is 15.6 Å². The van der Waals surface area contributed by atoms with Gasteiger partial charge >= 0.3 is 0 Å². The number of alkyl halides is 2. The van der Waals surface area contributed by atoms with Crippen LogP contribution in [0.15, 0.2) is 18.2 Å². The van der Waals surface area contributed by atoms with Gasteiger partial charge < -0.3 is 15.8 Å². The zero-order valence-electron chi connectivity index (χ0n) is 10.9. The van der Waals surface area contributed by atoms with Gasteiger partial charge in [-0.15, -0.1) is 11.3 Å². The van der Waals surface area contributed by atoms with E-state index >= 15 is 0 Å². The number of hydrogen-bond donors (Lipinski definition) is 2. The number of hydrogen-bond acceptors (Lipinski definition) is 4. The van der Waals surface area contributed by atoms with Crippen molar-refractivity contribution in [1.82, 2.24) is 5.32 Å². The van der Waals surface area contributed by atoms with Crippen molar-refractivity contribution >= 4 is 44.6 Å². The third kappa shape index (κ3) is 4.03. The molecule has 0 saturated carbocycles. The molecule has 0 spiro atoms. The third-order valence-electron chi connectivity index (χ3n) is 2.67. The summed E-state index contributed by atoms with van der Waals surface area (Å²) in [6.45, 7) is -0.480. The van der Waals surface area contributed by atoms with Crippen LogP contribution in [0.4, 0.5) is 14.5 Å². The summed E-state index contributed by atoms with van der Waals surface area (Å²) in [5, 5.41) is 3.85. The van der Waals surface area contributed by atoms with E-state index in [2.05, 4.69) is 10.1 Å². The second-order valence-corrected chi connectivity index (χ2v) is 5.70. The number of benzene rings is 1. The highest BCUT2D eigenvalue weighted by Gasteiger charge is 2.16. The van der Waals surface area contributed by atoms with E-state index in [4.69, 9.17) is 17.3 Å². The molecule has 0 aliphatic carbocycles. The summed E-state index contributed by atoms with van der Waals surface area (Å²) in [6, 6.07) is 5.21. The van der Waals surface area contributed by atoms with Crippen molar-refractivity contribution in [1.29, 1.82) is 0 Å². The molecule has 0 aliphatic heterocycles. The summed E-state index contributed by atoms with van der Waals surface area (Å²) in [7, 11) is 0. The van der Waals surface area contributed by atoms with E-state index in [1.54, 1.807) is 18.2 Å². The Hall–Kier alpha value is -1.44. The highest BCUT2D eigenvalue weighted by molar-refractivity contribution is 7.21. The molecule has 0 fully saturated rings. The number of anilines is 1. The van der Waals surface area contributed by atoms with Crippen molar-refractivity contribution in [2.45, 2.75) is 6.43 Å². The Morgan fingerprint density at radius 2 is 2.24 bits per heavy atom. The van der Waals surface area contributed by atoms with E-state index in [9.17, 15) is 13.6 Å². The number of amides is 1. The summed E-state index contributed by atoms with van der Waals surface area (Å²) in [6.07, 6.45) is -2.51. The van der Waals surface area contributed by atoms with E-state index in [-0.39, 0.29) is 19.1 Å². The fourth-order valence-electron chi connectivity index (χ4n) is 1.75. The largest absolute Gasteiger partial charge is 0.397 e. The van der Waals surface area contributed by atoms with Crippen LogP contribution in [0.3, 0.4) is 0 Å². The number of carbonyl (C=O) groups is 1. The van der Waals surface area contributed by atoms with Crippen molar-refractivity contribution in [3.8, 4) is 0 Å². The molecule has 2 aromatic rings. The molecule has 0 saturated heterocycles. The SMILES string of the molecule is Nc1c(C(=O)NCCOCC(F)F)sc2ccc(Cl)cc12. The highest BCUT2D eigenvalue weighted by atomic mass is 35.5. The molecule has 114 valence electrons. The highest BCUT2D eigenvalue weighted by Crippen LogP contribution is 2.35. The standard InChI is InChI=1S/C13H13ClF2N2O2S/c14-7-1-2-9-8(5-7)11(17)12(21-9)13(19)18-3-4-20-6-10(15)16/h1-2,5,10H,3-4,6,17H2,(H,18,19). The van der Waals surface area contributed by atoms with Crippen LogP contribution >= 0.6 is 22.9 Å². The smallest absolute Gasteiger partial charge is 0.263 e. The molecule has 4 nitrogen and oxygen atoms in total. The van der Waals surface area contributed by atoms with Crippen LogP contribution in [0.5, 0.6) is 0 Å². The second-order valence-electron chi connectivity index (χ2n) is 4.21. The van der Waals surface area contributed by atoms with Gasteiger partial charge in [-0.25, -0.2) is 8.78 Å². The van der Waals surface area contributed by atoms with Gasteiger partial charge in [-0.2, -0.15) is 0 Å². The van der Waals surface area contributed by atoms with Gasteiger partial charge in [0, 0.05) is 21.7 Å². The van der Waals surface area contributed by atoms with Crippen LogP contribution in [0.25, 0.3) is 10.1 Å². The summed E-state index contributed by atoms with van der Waals surface area (Å²) in [4.78, 5) is 12.4. The second kappa shape index (κ2) is 7.02. The maximum atomic E-state index is 12.0. The maximum Gasteiger partial charge on any atom is 0.263 e. The van der Waals surface area contributed by atoms with Crippen LogP contribution in [0, 0.1) is 0 Å². The normalized spacial score (nSPS) is 11.2. The Bertz CT molecular complexity index is 648. The molecule has 0 aliphatic rings. The van der Waals surface area contributed by atoms with Crippen LogP contribution in [-0.2, 0) is 4.74 Å². The van der Waals surface area contributed by atoms with Crippen molar-refractivity contribution in [3.63, 3.8) is 0 Å². The molecule has 1 aromatic heterocycles. The Balaban J connectivity index is 1.98. The topological polar surface area (TPSA) is 64.4 Å². The maximum absolute atomic E-state index is 12.0. The number of nitrogens with one attached hydrogen (secondary N) is 1. The average molecular weight is 335 g/mol. The zero-order valence-corrected chi connectivity index (χ0v) is 12.4. The van der Waals surface area contributed by atoms with E-state index in [0.717, 1.165) is 10.1 Å². The number of ether oxygens (including phenoxy) is 1. The van der Waals surface area contributed by atoms with E-state index in [1.165, 1.54) is 11.3 Å². The molecule has 0 radical (unpaired) electrons. The predicted molar refractivity (Wildman–Crippen MR) is 80.4 cm³/mol. The molecule has 1 amide bonds. The minimum atomic E-state index is -2.51. The van der Waals surface area contributed by atoms with Gasteiger partial charge in [0.05, 0.1) is 12.3 Å². The Kier molecular flexibility index (Phi) is 5.33. The van der Waals surface area contributed by atoms with Crippen LogP contribution < -0.4 is 11.1 Å². The number of fused-ring (bicyclic) bond motifs is 1. The number of carbonyl (C=O) groups excluding carboxylic acids is 1. The molecule has 1 aromatic carbocycles. The first-order chi connectivity index (χ1) is 9.99. The number of thiophene rings is 1. The monoisotopic (exact) mass is 334 g/mol. The van der Waals surface area contributed by atoms with E-state index < -0.39 is 13.0 Å². The molecule has 2 rings (SSSR count). The fraction of sp³-hybridized carbons (Fsp3) is 0.308. The van der Waals surface area contributed by atoms with Crippen LogP contribution in [0.2, 0.25) is 5.02 Å². The number of rotatable bonds is 6. The van der Waals surface area contributed by atoms with Crippen molar-refractivity contribution in [2.75, 3.05) is 25.5 Å². The Labute approximate surface area is 128 Å². The van der Waals surface area contributed by atoms with E-state index in [1.807, 2.05) is 0 Å². The third-order valence-corrected chi connectivity index (χ3v) is 4.09. The summed E-state index contributed by atoms with van der Waals surface area (Å²) in [5.41, 5.74) is 6.30. The molecular formula is C13H13ClF2N2O2S. The molecule has 21 heavy (non-hydrogen) atoms. The lowest BCUT2D eigenvalue weighted by Gasteiger charge is -2.05. The molecule has 1 heterocycles. The lowest BCUT2D eigenvalue weighted by atomic mass is 10.2. The molecule has 3 N–H and O–H groups in total. The lowest BCUT2D eigenvalue weighted by molar-refractivity contribution is 0.0188. The van der Waals surface area contributed by atoms with Crippen molar-refractivity contribution < 1.29 is 18.3 Å². The van der Waals surface area contributed by atoms with Crippen LogP contribution in [-0.4, -0.2) is 32.1 Å². The molecule has 0 bridgehead atoms. The van der Waals surface area contributed by atoms with Gasteiger partial charge in [0.25, 0.3) is 12.3 Å². The first-order valence-electron chi connectivity index (χ1n) is 6.10. The van der Waals surface area contributed by atoms with Gasteiger partial charge in [0.1, 0.15) is 11.5 Å². The zero-order chi connectivity index (χ0) is 15.4. The van der Waals surface area contributed by atoms with Gasteiger partial charge in [-0.3, -0.25) is 4.79 Å². The summed E-state index contributed by atoms with van der Waals surface area (Å²) in [5.74, 6) is -0.356. The minimum Gasteiger partial charge on any atom is -0.397 e. The first-order valence-corrected chi connectivity index (χ1v) is 7.30. The number of halogens is 3.